The number of nitrogens with zero attached hydrogens (tertiary/aromatic N) is 1. The third-order valence-corrected chi connectivity index (χ3v) is 5.49. The lowest BCUT2D eigenvalue weighted by atomic mass is 9.82. The predicted molar refractivity (Wildman–Crippen MR) is 79.0 cm³/mol. The molecule has 0 aliphatic heterocycles. The van der Waals surface area contributed by atoms with Gasteiger partial charge in [0.1, 0.15) is 6.61 Å². The molecule has 0 atom stereocenters. The van der Waals surface area contributed by atoms with E-state index >= 15 is 0 Å². The molecule has 0 radical (unpaired) electrons. The van der Waals surface area contributed by atoms with E-state index in [-0.39, 0.29) is 23.5 Å². The van der Waals surface area contributed by atoms with Crippen LogP contribution in [0.5, 0.6) is 0 Å². The van der Waals surface area contributed by atoms with Gasteiger partial charge in [-0.3, -0.25) is 0 Å². The zero-order valence-electron chi connectivity index (χ0n) is 11.9. The quantitative estimate of drug-likeness (QED) is 0.790. The van der Waals surface area contributed by atoms with E-state index in [1.54, 1.807) is 18.2 Å². The summed E-state index contributed by atoms with van der Waals surface area (Å²) in [5.41, 5.74) is 0.382. The summed E-state index contributed by atoms with van der Waals surface area (Å²) < 4.78 is 26.5. The fourth-order valence-corrected chi connectivity index (χ4v) is 3.80. The van der Waals surface area contributed by atoms with Crippen LogP contribution in [-0.2, 0) is 10.0 Å². The van der Waals surface area contributed by atoms with E-state index in [1.807, 2.05) is 0 Å². The van der Waals surface area contributed by atoms with Gasteiger partial charge in [0.15, 0.2) is 0 Å². The van der Waals surface area contributed by atoms with E-state index in [2.05, 4.69) is 11.8 Å². The monoisotopic (exact) mass is 309 g/mol. The van der Waals surface area contributed by atoms with E-state index in [0.717, 1.165) is 0 Å². The third kappa shape index (κ3) is 3.63. The van der Waals surface area contributed by atoms with E-state index in [1.165, 1.54) is 17.4 Å². The highest BCUT2D eigenvalue weighted by atomic mass is 32.2. The van der Waals surface area contributed by atoms with Crippen molar-refractivity contribution >= 4 is 10.0 Å². The second-order valence-corrected chi connectivity index (χ2v) is 7.25. The Bertz CT molecular complexity index is 654. The Hall–Kier alpha value is -1.39. The molecule has 0 spiro atoms. The summed E-state index contributed by atoms with van der Waals surface area (Å²) in [6.07, 6.45) is 0.992. The first-order valence-corrected chi connectivity index (χ1v) is 8.22. The number of aliphatic hydroxyl groups is 2. The van der Waals surface area contributed by atoms with Crippen molar-refractivity contribution in [2.75, 3.05) is 20.2 Å². The van der Waals surface area contributed by atoms with Crippen LogP contribution < -0.4 is 0 Å². The maximum absolute atomic E-state index is 12.6. The number of sulfonamides is 1. The Kier molecular flexibility index (Phi) is 5.01. The molecule has 1 aliphatic carbocycles. The Morgan fingerprint density at radius 1 is 1.33 bits per heavy atom. The first kappa shape index (κ1) is 16.0. The van der Waals surface area contributed by atoms with Gasteiger partial charge in [-0.2, -0.15) is 0 Å². The molecule has 0 saturated heterocycles. The molecule has 0 amide bonds. The van der Waals surface area contributed by atoms with Crippen LogP contribution in [0.25, 0.3) is 0 Å². The van der Waals surface area contributed by atoms with E-state index in [4.69, 9.17) is 5.11 Å². The van der Waals surface area contributed by atoms with Crippen molar-refractivity contribution in [3.63, 3.8) is 0 Å². The average Bonchev–Trinajstić information content (AvgIpc) is 2.43. The topological polar surface area (TPSA) is 77.8 Å². The number of benzene rings is 1. The molecule has 1 aliphatic rings. The maximum atomic E-state index is 12.6. The van der Waals surface area contributed by atoms with Crippen LogP contribution in [0, 0.1) is 17.8 Å². The first-order valence-electron chi connectivity index (χ1n) is 6.78. The van der Waals surface area contributed by atoms with Gasteiger partial charge in [-0.15, -0.1) is 0 Å². The lowest BCUT2D eigenvalue weighted by Crippen LogP contribution is -2.39. The summed E-state index contributed by atoms with van der Waals surface area (Å²) in [5.74, 6) is 5.34. The van der Waals surface area contributed by atoms with Gasteiger partial charge in [-0.05, 0) is 30.9 Å². The molecule has 2 rings (SSSR count). The highest BCUT2D eigenvalue weighted by molar-refractivity contribution is 7.89. The Morgan fingerprint density at radius 2 is 2.00 bits per heavy atom. The molecule has 0 bridgehead atoms. The highest BCUT2D eigenvalue weighted by Crippen LogP contribution is 2.29. The minimum absolute atomic E-state index is 0.147. The van der Waals surface area contributed by atoms with Crippen molar-refractivity contribution < 1.29 is 18.6 Å². The molecule has 1 aromatic carbocycles. The second kappa shape index (κ2) is 6.58. The molecule has 114 valence electrons. The SMILES string of the molecule is CN(CC1CC(O)C1)S(=O)(=O)c1ccccc1C#CCO. The molecule has 0 unspecified atom stereocenters. The van der Waals surface area contributed by atoms with E-state index in [9.17, 15) is 13.5 Å². The van der Waals surface area contributed by atoms with Crippen molar-refractivity contribution in [1.82, 2.24) is 4.31 Å². The minimum atomic E-state index is -3.62. The zero-order chi connectivity index (χ0) is 15.5. The van der Waals surface area contributed by atoms with Gasteiger partial charge in [-0.25, -0.2) is 12.7 Å². The number of rotatable bonds is 4. The molecule has 5 nitrogen and oxygen atoms in total. The molecular formula is C15H19NO4S. The average molecular weight is 309 g/mol. The van der Waals surface area contributed by atoms with Crippen molar-refractivity contribution in [2.24, 2.45) is 5.92 Å². The van der Waals surface area contributed by atoms with Gasteiger partial charge in [0.05, 0.1) is 11.0 Å². The fraction of sp³-hybridized carbons (Fsp3) is 0.467. The van der Waals surface area contributed by atoms with Crippen LogP contribution in [0.3, 0.4) is 0 Å². The van der Waals surface area contributed by atoms with Crippen molar-refractivity contribution in [3.8, 4) is 11.8 Å². The van der Waals surface area contributed by atoms with Gasteiger partial charge in [0, 0.05) is 19.2 Å². The van der Waals surface area contributed by atoms with Gasteiger partial charge < -0.3 is 10.2 Å². The van der Waals surface area contributed by atoms with Crippen LogP contribution in [0.2, 0.25) is 0 Å². The van der Waals surface area contributed by atoms with Gasteiger partial charge in [0.2, 0.25) is 10.0 Å². The van der Waals surface area contributed by atoms with Crippen LogP contribution in [0.4, 0.5) is 0 Å². The summed E-state index contributed by atoms with van der Waals surface area (Å²) in [4.78, 5) is 0.147. The van der Waals surface area contributed by atoms with E-state index < -0.39 is 10.0 Å². The molecule has 0 aromatic heterocycles. The highest BCUT2D eigenvalue weighted by Gasteiger charge is 2.32. The number of hydrogen-bond donors (Lipinski definition) is 2. The smallest absolute Gasteiger partial charge is 0.244 e. The van der Waals surface area contributed by atoms with Crippen molar-refractivity contribution in [2.45, 2.75) is 23.8 Å². The van der Waals surface area contributed by atoms with Crippen LogP contribution in [-0.4, -0.2) is 49.2 Å². The zero-order valence-corrected chi connectivity index (χ0v) is 12.7. The molecule has 6 heteroatoms. The molecule has 2 N–H and O–H groups in total. The Labute approximate surface area is 125 Å². The molecule has 0 heterocycles. The largest absolute Gasteiger partial charge is 0.393 e. The lowest BCUT2D eigenvalue weighted by molar-refractivity contribution is 0.0367. The summed E-state index contributed by atoms with van der Waals surface area (Å²) in [6.45, 7) is 0.0747. The number of aliphatic hydroxyl groups excluding tert-OH is 2. The fourth-order valence-electron chi connectivity index (χ4n) is 2.41. The summed E-state index contributed by atoms with van der Waals surface area (Å²) in [7, 11) is -2.08. The lowest BCUT2D eigenvalue weighted by Gasteiger charge is -2.34. The van der Waals surface area contributed by atoms with Crippen molar-refractivity contribution in [1.29, 1.82) is 0 Å². The summed E-state index contributed by atoms with van der Waals surface area (Å²) in [6, 6.07) is 6.50. The minimum Gasteiger partial charge on any atom is -0.393 e. The summed E-state index contributed by atoms with van der Waals surface area (Å²) in [5, 5.41) is 18.0. The van der Waals surface area contributed by atoms with Crippen LogP contribution in [0.15, 0.2) is 29.2 Å². The molecular weight excluding hydrogens is 290 g/mol. The second-order valence-electron chi connectivity index (χ2n) is 5.23. The molecule has 1 fully saturated rings. The normalized spacial score (nSPS) is 21.5. The number of hydrogen-bond acceptors (Lipinski definition) is 4. The maximum Gasteiger partial charge on any atom is 0.244 e. The first-order chi connectivity index (χ1) is 9.95. The summed E-state index contributed by atoms with van der Waals surface area (Å²) >= 11 is 0. The van der Waals surface area contributed by atoms with Crippen LogP contribution >= 0.6 is 0 Å². The van der Waals surface area contributed by atoms with Gasteiger partial charge in [-0.1, -0.05) is 24.0 Å². The van der Waals surface area contributed by atoms with Gasteiger partial charge >= 0.3 is 0 Å². The molecule has 1 saturated carbocycles. The third-order valence-electron chi connectivity index (χ3n) is 3.60. The molecule has 1 aromatic rings. The van der Waals surface area contributed by atoms with Crippen LogP contribution in [0.1, 0.15) is 18.4 Å². The standard InChI is InChI=1S/C15H19NO4S/c1-16(11-12-9-14(18)10-12)21(19,20)15-7-3-2-5-13(15)6-4-8-17/h2-3,5,7,12,14,17-18H,8-11H2,1H3. The predicted octanol–water partition coefficient (Wildman–Crippen LogP) is 0.422. The van der Waals surface area contributed by atoms with Gasteiger partial charge in [0.25, 0.3) is 0 Å². The van der Waals surface area contributed by atoms with E-state index in [0.29, 0.717) is 24.9 Å². The van der Waals surface area contributed by atoms with Crippen molar-refractivity contribution in [3.05, 3.63) is 29.8 Å². The Morgan fingerprint density at radius 3 is 2.62 bits per heavy atom. The Balaban J connectivity index is 2.22. The molecule has 21 heavy (non-hydrogen) atoms.